The monoisotopic (exact) mass is 396 g/mol. The van der Waals surface area contributed by atoms with Crippen molar-refractivity contribution in [1.29, 1.82) is 0 Å². The number of amides is 2. The first-order valence-electron chi connectivity index (χ1n) is 9.25. The van der Waals surface area contributed by atoms with Gasteiger partial charge in [-0.3, -0.25) is 14.0 Å². The number of methoxy groups -OCH3 is 2. The van der Waals surface area contributed by atoms with Gasteiger partial charge in [0.05, 0.1) is 18.3 Å². The first-order valence-corrected chi connectivity index (χ1v) is 9.25. The van der Waals surface area contributed by atoms with Crippen LogP contribution in [0.1, 0.15) is 33.1 Å². The molecule has 0 fully saturated rings. The second kappa shape index (κ2) is 9.20. The third-order valence-corrected chi connectivity index (χ3v) is 4.38. The summed E-state index contributed by atoms with van der Waals surface area (Å²) >= 11 is 0. The minimum absolute atomic E-state index is 0.152. The van der Waals surface area contributed by atoms with Crippen LogP contribution in [-0.2, 0) is 4.74 Å². The maximum Gasteiger partial charge on any atom is 0.287 e. The number of nitrogens with zero attached hydrogens (tertiary/aromatic N) is 2. The summed E-state index contributed by atoms with van der Waals surface area (Å²) in [7, 11) is 3.15. The Kier molecular flexibility index (Phi) is 6.46. The molecule has 2 heterocycles. The van der Waals surface area contributed by atoms with Gasteiger partial charge in [-0.2, -0.15) is 0 Å². The van der Waals surface area contributed by atoms with Crippen LogP contribution in [0, 0.1) is 6.92 Å². The van der Waals surface area contributed by atoms with Gasteiger partial charge < -0.3 is 20.1 Å². The average molecular weight is 396 g/mol. The minimum Gasteiger partial charge on any atom is -0.495 e. The van der Waals surface area contributed by atoms with Gasteiger partial charge in [0.1, 0.15) is 5.75 Å². The van der Waals surface area contributed by atoms with Crippen LogP contribution in [0.25, 0.3) is 5.52 Å². The van der Waals surface area contributed by atoms with Gasteiger partial charge in [0, 0.05) is 26.5 Å². The number of carbonyl (C=O) groups excluding carboxylic acids is 2. The van der Waals surface area contributed by atoms with Crippen molar-refractivity contribution in [2.24, 2.45) is 0 Å². The lowest BCUT2D eigenvalue weighted by Gasteiger charge is -2.10. The number of imidazole rings is 1. The number of aryl methyl sites for hydroxylation is 1. The van der Waals surface area contributed by atoms with Crippen molar-refractivity contribution in [2.75, 3.05) is 32.7 Å². The SMILES string of the molecule is COCCCNC(=O)c1nc(C(=O)Nc2cc(C)ccc2OC)c2ccccn12. The predicted octanol–water partition coefficient (Wildman–Crippen LogP) is 2.67. The number of hydrogen-bond donors (Lipinski definition) is 2. The Morgan fingerprint density at radius 3 is 2.72 bits per heavy atom. The molecular weight excluding hydrogens is 372 g/mol. The number of nitrogens with one attached hydrogen (secondary N) is 2. The van der Waals surface area contributed by atoms with Gasteiger partial charge in [0.25, 0.3) is 11.8 Å². The molecule has 0 spiro atoms. The molecule has 2 aromatic heterocycles. The summed E-state index contributed by atoms with van der Waals surface area (Å²) in [5.74, 6) is -0.0755. The summed E-state index contributed by atoms with van der Waals surface area (Å²) in [5, 5.41) is 5.63. The molecular formula is C21H24N4O4. The Morgan fingerprint density at radius 2 is 1.97 bits per heavy atom. The Balaban J connectivity index is 1.89. The molecule has 0 aliphatic rings. The summed E-state index contributed by atoms with van der Waals surface area (Å²) in [6.45, 7) is 2.93. The molecule has 8 nitrogen and oxygen atoms in total. The number of pyridine rings is 1. The van der Waals surface area contributed by atoms with Gasteiger partial charge in [-0.15, -0.1) is 0 Å². The zero-order valence-electron chi connectivity index (χ0n) is 16.7. The number of ether oxygens (including phenoxy) is 2. The third-order valence-electron chi connectivity index (χ3n) is 4.38. The first kappa shape index (κ1) is 20.3. The number of rotatable bonds is 8. The Morgan fingerprint density at radius 1 is 1.14 bits per heavy atom. The van der Waals surface area contributed by atoms with Gasteiger partial charge in [-0.1, -0.05) is 12.1 Å². The normalized spacial score (nSPS) is 10.7. The van der Waals surface area contributed by atoms with Gasteiger partial charge in [0.15, 0.2) is 5.69 Å². The number of anilines is 1. The van der Waals surface area contributed by atoms with Crippen LogP contribution in [0.3, 0.4) is 0 Å². The summed E-state index contributed by atoms with van der Waals surface area (Å²) in [4.78, 5) is 29.9. The van der Waals surface area contributed by atoms with Crippen molar-refractivity contribution in [2.45, 2.75) is 13.3 Å². The van der Waals surface area contributed by atoms with Crippen LogP contribution >= 0.6 is 0 Å². The Bertz CT molecular complexity index is 1030. The Labute approximate surface area is 168 Å². The van der Waals surface area contributed by atoms with Crippen LogP contribution < -0.4 is 15.4 Å². The van der Waals surface area contributed by atoms with E-state index in [9.17, 15) is 9.59 Å². The fourth-order valence-corrected chi connectivity index (χ4v) is 2.96. The average Bonchev–Trinajstić information content (AvgIpc) is 3.11. The van der Waals surface area contributed by atoms with Crippen LogP contribution in [0.4, 0.5) is 5.69 Å². The molecule has 29 heavy (non-hydrogen) atoms. The van der Waals surface area contributed by atoms with Gasteiger partial charge in [-0.25, -0.2) is 4.98 Å². The molecule has 1 aromatic carbocycles. The van der Waals surface area contributed by atoms with E-state index in [0.717, 1.165) is 5.56 Å². The van der Waals surface area contributed by atoms with E-state index in [-0.39, 0.29) is 17.4 Å². The summed E-state index contributed by atoms with van der Waals surface area (Å²) in [6, 6.07) is 10.8. The maximum absolute atomic E-state index is 13.0. The smallest absolute Gasteiger partial charge is 0.287 e. The highest BCUT2D eigenvalue weighted by Gasteiger charge is 2.22. The molecule has 3 aromatic rings. The first-order chi connectivity index (χ1) is 14.0. The van der Waals surface area contributed by atoms with E-state index in [4.69, 9.17) is 9.47 Å². The highest BCUT2D eigenvalue weighted by atomic mass is 16.5. The highest BCUT2D eigenvalue weighted by Crippen LogP contribution is 2.26. The number of aromatic nitrogens is 2. The van der Waals surface area contributed by atoms with Crippen molar-refractivity contribution < 1.29 is 19.1 Å². The van der Waals surface area contributed by atoms with Crippen LogP contribution in [0.2, 0.25) is 0 Å². The summed E-state index contributed by atoms with van der Waals surface area (Å²) in [5.41, 5.74) is 2.22. The number of hydrogen-bond acceptors (Lipinski definition) is 5. The van der Waals surface area contributed by atoms with E-state index in [1.54, 1.807) is 49.1 Å². The largest absolute Gasteiger partial charge is 0.495 e. The fourth-order valence-electron chi connectivity index (χ4n) is 2.96. The number of fused-ring (bicyclic) bond motifs is 1. The predicted molar refractivity (Wildman–Crippen MR) is 110 cm³/mol. The van der Waals surface area contributed by atoms with E-state index < -0.39 is 5.91 Å². The molecule has 0 aliphatic carbocycles. The lowest BCUT2D eigenvalue weighted by atomic mass is 10.2. The van der Waals surface area contributed by atoms with E-state index in [0.29, 0.717) is 36.5 Å². The van der Waals surface area contributed by atoms with Gasteiger partial charge >= 0.3 is 0 Å². The van der Waals surface area contributed by atoms with Gasteiger partial charge in [0.2, 0.25) is 5.82 Å². The van der Waals surface area contributed by atoms with Crippen LogP contribution in [0.15, 0.2) is 42.6 Å². The minimum atomic E-state index is -0.420. The molecule has 0 bridgehead atoms. The molecule has 0 unspecified atom stereocenters. The fraction of sp³-hybridized carbons (Fsp3) is 0.286. The van der Waals surface area contributed by atoms with Crippen molar-refractivity contribution in [3.05, 3.63) is 59.7 Å². The zero-order valence-corrected chi connectivity index (χ0v) is 16.7. The second-order valence-electron chi connectivity index (χ2n) is 6.50. The lowest BCUT2D eigenvalue weighted by Crippen LogP contribution is -2.27. The maximum atomic E-state index is 13.0. The molecule has 152 valence electrons. The molecule has 2 N–H and O–H groups in total. The molecule has 0 saturated heterocycles. The lowest BCUT2D eigenvalue weighted by molar-refractivity contribution is 0.0937. The zero-order chi connectivity index (χ0) is 20.8. The molecule has 2 amide bonds. The van der Waals surface area contributed by atoms with E-state index >= 15 is 0 Å². The van der Waals surface area contributed by atoms with Crippen LogP contribution in [0.5, 0.6) is 5.75 Å². The third kappa shape index (κ3) is 4.55. The molecule has 0 aliphatic heterocycles. The molecule has 0 saturated carbocycles. The van der Waals surface area contributed by atoms with Crippen molar-refractivity contribution in [3.63, 3.8) is 0 Å². The number of benzene rings is 1. The quantitative estimate of drug-likeness (QED) is 0.571. The van der Waals surface area contributed by atoms with Crippen molar-refractivity contribution in [1.82, 2.24) is 14.7 Å². The summed E-state index contributed by atoms with van der Waals surface area (Å²) in [6.07, 6.45) is 2.39. The van der Waals surface area contributed by atoms with Crippen LogP contribution in [-0.4, -0.2) is 48.6 Å². The molecule has 0 radical (unpaired) electrons. The Hall–Kier alpha value is -3.39. The topological polar surface area (TPSA) is 94.0 Å². The molecule has 3 rings (SSSR count). The second-order valence-corrected chi connectivity index (χ2v) is 6.50. The highest BCUT2D eigenvalue weighted by molar-refractivity contribution is 6.09. The van der Waals surface area contributed by atoms with E-state index in [1.165, 1.54) is 0 Å². The van der Waals surface area contributed by atoms with Gasteiger partial charge in [-0.05, 0) is 43.2 Å². The summed E-state index contributed by atoms with van der Waals surface area (Å²) < 4.78 is 11.9. The van der Waals surface area contributed by atoms with E-state index in [1.807, 2.05) is 19.1 Å². The van der Waals surface area contributed by atoms with Crippen molar-refractivity contribution in [3.8, 4) is 5.75 Å². The standard InChI is InChI=1S/C21H24N4O4/c1-14-8-9-17(29-3)15(13-14)23-20(26)18-16-7-4-5-11-25(16)19(24-18)21(27)22-10-6-12-28-2/h4-5,7-9,11,13H,6,10,12H2,1-3H3,(H,22,27)(H,23,26). The molecule has 8 heteroatoms. The van der Waals surface area contributed by atoms with Crippen molar-refractivity contribution >= 4 is 23.0 Å². The molecule has 0 atom stereocenters. The number of carbonyl (C=O) groups is 2. The van der Waals surface area contributed by atoms with E-state index in [2.05, 4.69) is 15.6 Å².